The van der Waals surface area contributed by atoms with Gasteiger partial charge in [0.25, 0.3) is 0 Å². The molecule has 0 spiro atoms. The Labute approximate surface area is 82.1 Å². The molecule has 0 saturated heterocycles. The summed E-state index contributed by atoms with van der Waals surface area (Å²) in [6.45, 7) is 1.77. The fourth-order valence-corrected chi connectivity index (χ4v) is 1.25. The van der Waals surface area contributed by atoms with E-state index in [1.807, 2.05) is 0 Å². The average Bonchev–Trinajstić information content (AvgIpc) is 2.09. The molecule has 0 aliphatic heterocycles. The highest BCUT2D eigenvalue weighted by Gasteiger charge is 2.15. The fraction of sp³-hybridized carbons (Fsp3) is 0.250. The quantitative estimate of drug-likeness (QED) is 0.677. The molecule has 0 aromatic heterocycles. The molecule has 1 rings (SSSR count). The van der Waals surface area contributed by atoms with Crippen molar-refractivity contribution >= 4 is 24.2 Å². The molecular weight excluding hydrogens is 190 g/mol. The summed E-state index contributed by atoms with van der Waals surface area (Å²) in [5, 5.41) is 18.3. The number of hydrogen-bond donors (Lipinski definition) is 2. The highest BCUT2D eigenvalue weighted by molar-refractivity contribution is 6.58. The van der Waals surface area contributed by atoms with Crippen molar-refractivity contribution in [2.75, 3.05) is 7.11 Å². The van der Waals surface area contributed by atoms with E-state index in [0.29, 0.717) is 16.2 Å². The van der Waals surface area contributed by atoms with Gasteiger partial charge in [-0.1, -0.05) is 17.7 Å². The minimum Gasteiger partial charge on any atom is -0.495 e. The molecule has 5 heteroatoms. The lowest BCUT2D eigenvalue weighted by molar-refractivity contribution is 0.412. The molecule has 70 valence electrons. The third-order valence-electron chi connectivity index (χ3n) is 1.76. The van der Waals surface area contributed by atoms with Crippen molar-refractivity contribution in [2.45, 2.75) is 6.92 Å². The van der Waals surface area contributed by atoms with E-state index in [4.69, 9.17) is 26.4 Å². The van der Waals surface area contributed by atoms with Crippen LogP contribution in [0.4, 0.5) is 0 Å². The summed E-state index contributed by atoms with van der Waals surface area (Å²) in [6, 6.07) is 3.11. The molecule has 0 bridgehead atoms. The minimum atomic E-state index is -1.50. The van der Waals surface area contributed by atoms with E-state index >= 15 is 0 Å². The van der Waals surface area contributed by atoms with Crippen LogP contribution in [0.25, 0.3) is 0 Å². The second kappa shape index (κ2) is 4.00. The second-order valence-electron chi connectivity index (χ2n) is 2.73. The first-order valence-corrected chi connectivity index (χ1v) is 4.14. The normalized spacial score (nSPS) is 9.92. The Morgan fingerprint density at radius 1 is 1.38 bits per heavy atom. The van der Waals surface area contributed by atoms with Gasteiger partial charge in [0.1, 0.15) is 5.75 Å². The van der Waals surface area contributed by atoms with E-state index < -0.39 is 7.12 Å². The lowest BCUT2D eigenvalue weighted by Gasteiger charge is -2.08. The van der Waals surface area contributed by atoms with Crippen LogP contribution in [0.3, 0.4) is 0 Å². The molecule has 0 fully saturated rings. The molecule has 0 aliphatic rings. The van der Waals surface area contributed by atoms with Gasteiger partial charge < -0.3 is 14.8 Å². The van der Waals surface area contributed by atoms with Crippen molar-refractivity contribution in [3.05, 3.63) is 22.7 Å². The largest absolute Gasteiger partial charge is 0.495 e. The first-order chi connectivity index (χ1) is 6.06. The number of halogens is 1. The summed E-state index contributed by atoms with van der Waals surface area (Å²) in [5.74, 6) is 0.449. The van der Waals surface area contributed by atoms with E-state index in [2.05, 4.69) is 0 Å². The van der Waals surface area contributed by atoms with Crippen LogP contribution in [-0.4, -0.2) is 24.3 Å². The number of methoxy groups -OCH3 is 1. The van der Waals surface area contributed by atoms with Crippen LogP contribution in [-0.2, 0) is 0 Å². The average molecular weight is 200 g/mol. The van der Waals surface area contributed by atoms with E-state index in [1.54, 1.807) is 13.0 Å². The van der Waals surface area contributed by atoms with Crippen LogP contribution in [0.1, 0.15) is 5.56 Å². The van der Waals surface area contributed by atoms with Crippen molar-refractivity contribution in [1.82, 2.24) is 0 Å². The van der Waals surface area contributed by atoms with Gasteiger partial charge in [0.15, 0.2) is 0 Å². The third-order valence-corrected chi connectivity index (χ3v) is 2.25. The highest BCUT2D eigenvalue weighted by Crippen LogP contribution is 2.25. The maximum Gasteiger partial charge on any atom is 0.488 e. The maximum atomic E-state index is 8.92. The van der Waals surface area contributed by atoms with Crippen LogP contribution in [0, 0.1) is 6.92 Å². The zero-order chi connectivity index (χ0) is 10.0. The predicted octanol–water partition coefficient (Wildman–Crippen LogP) is 0.337. The predicted molar refractivity (Wildman–Crippen MR) is 52.6 cm³/mol. The van der Waals surface area contributed by atoms with Gasteiger partial charge in [-0.25, -0.2) is 0 Å². The second-order valence-corrected chi connectivity index (χ2v) is 3.11. The topological polar surface area (TPSA) is 49.7 Å². The van der Waals surface area contributed by atoms with Gasteiger partial charge in [0, 0.05) is 0 Å². The van der Waals surface area contributed by atoms with Crippen molar-refractivity contribution in [3.8, 4) is 5.75 Å². The zero-order valence-corrected chi connectivity index (χ0v) is 8.17. The monoisotopic (exact) mass is 200 g/mol. The molecule has 1 aromatic carbocycles. The molecular formula is C8H10BClO3. The standard InChI is InChI=1S/C8H10BClO3/c1-5-3-6(9(11)12)4-7(13-2)8(5)10/h3-4,11-12H,1-2H3. The SMILES string of the molecule is COc1cc(B(O)O)cc(C)c1Cl. The van der Waals surface area contributed by atoms with Crippen LogP contribution in [0.15, 0.2) is 12.1 Å². The van der Waals surface area contributed by atoms with Crippen molar-refractivity contribution < 1.29 is 14.8 Å². The van der Waals surface area contributed by atoms with Gasteiger partial charge in [-0.3, -0.25) is 0 Å². The Kier molecular flexibility index (Phi) is 3.19. The van der Waals surface area contributed by atoms with Crippen LogP contribution in [0.5, 0.6) is 5.75 Å². The first-order valence-electron chi connectivity index (χ1n) is 3.76. The Morgan fingerprint density at radius 3 is 2.46 bits per heavy atom. The van der Waals surface area contributed by atoms with Gasteiger partial charge in [-0.15, -0.1) is 0 Å². The summed E-state index contributed by atoms with van der Waals surface area (Å²) in [7, 11) is -0.0151. The molecule has 2 N–H and O–H groups in total. The van der Waals surface area contributed by atoms with E-state index in [1.165, 1.54) is 13.2 Å². The van der Waals surface area contributed by atoms with Gasteiger partial charge in [-0.05, 0) is 24.0 Å². The maximum absolute atomic E-state index is 8.92. The summed E-state index contributed by atoms with van der Waals surface area (Å²) in [5.41, 5.74) is 1.13. The zero-order valence-electron chi connectivity index (χ0n) is 7.41. The van der Waals surface area contributed by atoms with Crippen LogP contribution in [0.2, 0.25) is 5.02 Å². The van der Waals surface area contributed by atoms with Crippen LogP contribution < -0.4 is 10.2 Å². The molecule has 0 atom stereocenters. The van der Waals surface area contributed by atoms with Crippen molar-refractivity contribution in [1.29, 1.82) is 0 Å². The van der Waals surface area contributed by atoms with Gasteiger partial charge in [0.05, 0.1) is 12.1 Å². The molecule has 0 heterocycles. The first kappa shape index (κ1) is 10.4. The number of hydrogen-bond acceptors (Lipinski definition) is 3. The number of ether oxygens (including phenoxy) is 1. The summed E-state index contributed by atoms with van der Waals surface area (Å²) in [6.07, 6.45) is 0. The van der Waals surface area contributed by atoms with Gasteiger partial charge >= 0.3 is 7.12 Å². The number of rotatable bonds is 2. The highest BCUT2D eigenvalue weighted by atomic mass is 35.5. The molecule has 3 nitrogen and oxygen atoms in total. The number of benzene rings is 1. The lowest BCUT2D eigenvalue weighted by Crippen LogP contribution is -2.30. The molecule has 0 unspecified atom stereocenters. The van der Waals surface area contributed by atoms with E-state index in [-0.39, 0.29) is 0 Å². The van der Waals surface area contributed by atoms with Gasteiger partial charge in [-0.2, -0.15) is 0 Å². The van der Waals surface area contributed by atoms with E-state index in [0.717, 1.165) is 5.56 Å². The minimum absolute atomic E-state index is 0.374. The van der Waals surface area contributed by atoms with E-state index in [9.17, 15) is 0 Å². The summed E-state index contributed by atoms with van der Waals surface area (Å²) in [4.78, 5) is 0. The molecule has 0 saturated carbocycles. The Morgan fingerprint density at radius 2 is 2.00 bits per heavy atom. The third kappa shape index (κ3) is 2.15. The van der Waals surface area contributed by atoms with Crippen LogP contribution >= 0.6 is 11.6 Å². The molecule has 0 aliphatic carbocycles. The fourth-order valence-electron chi connectivity index (χ4n) is 1.06. The summed E-state index contributed by atoms with van der Waals surface area (Å²) < 4.78 is 4.96. The molecule has 13 heavy (non-hydrogen) atoms. The smallest absolute Gasteiger partial charge is 0.488 e. The molecule has 0 radical (unpaired) electrons. The van der Waals surface area contributed by atoms with Gasteiger partial charge in [0.2, 0.25) is 0 Å². The Bertz CT molecular complexity index is 315. The Hall–Kier alpha value is -0.705. The molecule has 1 aromatic rings. The lowest BCUT2D eigenvalue weighted by atomic mass is 9.79. The summed E-state index contributed by atoms with van der Waals surface area (Å²) >= 11 is 5.88. The van der Waals surface area contributed by atoms with Crippen molar-refractivity contribution in [3.63, 3.8) is 0 Å². The molecule has 0 amide bonds. The number of aryl methyl sites for hydroxylation is 1. The Balaban J connectivity index is 3.22. The van der Waals surface area contributed by atoms with Crippen molar-refractivity contribution in [2.24, 2.45) is 0 Å².